The van der Waals surface area contributed by atoms with Crippen LogP contribution < -0.4 is 9.61 Å². The number of rotatable bonds is 7. The third-order valence-corrected chi connectivity index (χ3v) is 8.11. The Hall–Kier alpha value is -0.790. The highest BCUT2D eigenvalue weighted by Gasteiger charge is 2.47. The Balaban J connectivity index is 2.41. The van der Waals surface area contributed by atoms with E-state index in [4.69, 9.17) is 33.1 Å². The molecule has 1 aliphatic rings. The predicted octanol–water partition coefficient (Wildman–Crippen LogP) is 4.34. The highest BCUT2D eigenvalue weighted by molar-refractivity contribution is 8.23. The average Bonchev–Trinajstić information content (AvgIpc) is 2.96. The van der Waals surface area contributed by atoms with Crippen molar-refractivity contribution in [2.24, 2.45) is 5.92 Å². The molecule has 1 fully saturated rings. The molecule has 1 aromatic rings. The summed E-state index contributed by atoms with van der Waals surface area (Å²) in [5.74, 6) is 0.675. The number of ether oxygens (including phenoxy) is 1. The van der Waals surface area contributed by atoms with Crippen molar-refractivity contribution in [2.75, 3.05) is 12.9 Å². The molecule has 3 atom stereocenters. The van der Waals surface area contributed by atoms with Gasteiger partial charge in [0.25, 0.3) is 0 Å². The van der Waals surface area contributed by atoms with E-state index >= 15 is 0 Å². The number of thiocarbonyl (C=S) groups is 1. The lowest BCUT2D eigenvalue weighted by atomic mass is 10.1. The molecule has 0 bridgehead atoms. The SMILES string of the molecule is COC(=O)[C@H](C)N[P@](=O)(Oc1cccc(Cl)c1)N1C(=S)SC[C@@H]1C(C)C. The van der Waals surface area contributed by atoms with Crippen LogP contribution in [0.25, 0.3) is 0 Å². The number of thioether (sulfide) groups is 1. The number of carbonyl (C=O) groups is 1. The van der Waals surface area contributed by atoms with E-state index in [0.717, 1.165) is 0 Å². The van der Waals surface area contributed by atoms with E-state index in [1.807, 2.05) is 13.8 Å². The predicted molar refractivity (Wildman–Crippen MR) is 110 cm³/mol. The molecule has 0 radical (unpaired) electrons. The Labute approximate surface area is 168 Å². The number of hydrogen-bond acceptors (Lipinski definition) is 6. The van der Waals surface area contributed by atoms with Crippen molar-refractivity contribution in [1.29, 1.82) is 0 Å². The molecule has 1 aromatic carbocycles. The van der Waals surface area contributed by atoms with E-state index in [0.29, 0.717) is 20.8 Å². The van der Waals surface area contributed by atoms with Gasteiger partial charge in [-0.1, -0.05) is 55.5 Å². The van der Waals surface area contributed by atoms with E-state index < -0.39 is 19.7 Å². The van der Waals surface area contributed by atoms with Gasteiger partial charge in [0.05, 0.1) is 13.2 Å². The molecular formula is C16H22ClN2O4PS2. The second kappa shape index (κ2) is 8.93. The number of hydrogen-bond donors (Lipinski definition) is 1. The second-order valence-electron chi connectivity index (χ2n) is 6.18. The van der Waals surface area contributed by atoms with E-state index in [9.17, 15) is 9.36 Å². The topological polar surface area (TPSA) is 67.9 Å². The van der Waals surface area contributed by atoms with Gasteiger partial charge in [0.1, 0.15) is 16.1 Å². The molecule has 0 aromatic heterocycles. The molecule has 6 nitrogen and oxygen atoms in total. The van der Waals surface area contributed by atoms with Gasteiger partial charge >= 0.3 is 13.6 Å². The summed E-state index contributed by atoms with van der Waals surface area (Å²) in [6.07, 6.45) is 0. The molecule has 1 aliphatic heterocycles. The quantitative estimate of drug-likeness (QED) is 0.384. The average molecular weight is 437 g/mol. The van der Waals surface area contributed by atoms with Crippen LogP contribution in [-0.2, 0) is 14.1 Å². The summed E-state index contributed by atoms with van der Waals surface area (Å²) < 4.78 is 26.6. The molecule has 0 unspecified atom stereocenters. The van der Waals surface area contributed by atoms with Gasteiger partial charge in [0, 0.05) is 10.8 Å². The lowest BCUT2D eigenvalue weighted by molar-refractivity contribution is -0.142. The zero-order chi connectivity index (χ0) is 19.5. The van der Waals surface area contributed by atoms with Crippen LogP contribution in [0.15, 0.2) is 24.3 Å². The van der Waals surface area contributed by atoms with Crippen LogP contribution in [0, 0.1) is 5.92 Å². The molecule has 0 spiro atoms. The van der Waals surface area contributed by atoms with Crippen molar-refractivity contribution < 1.29 is 18.6 Å². The van der Waals surface area contributed by atoms with Crippen LogP contribution in [0.3, 0.4) is 0 Å². The molecule has 2 rings (SSSR count). The molecule has 0 saturated carbocycles. The molecule has 0 amide bonds. The number of nitrogens with zero attached hydrogens (tertiary/aromatic N) is 1. The maximum absolute atomic E-state index is 13.9. The summed E-state index contributed by atoms with van der Waals surface area (Å²) in [6.45, 7) is 5.62. The minimum atomic E-state index is -3.74. The number of nitrogens with one attached hydrogen (secondary N) is 1. The van der Waals surface area contributed by atoms with Crippen LogP contribution in [0.1, 0.15) is 20.8 Å². The molecule has 144 valence electrons. The van der Waals surface area contributed by atoms with Gasteiger partial charge < -0.3 is 9.26 Å². The van der Waals surface area contributed by atoms with Crippen LogP contribution in [-0.4, -0.2) is 39.9 Å². The van der Waals surface area contributed by atoms with Crippen LogP contribution >= 0.6 is 43.3 Å². The van der Waals surface area contributed by atoms with Gasteiger partial charge in [-0.05, 0) is 31.0 Å². The Morgan fingerprint density at radius 1 is 1.46 bits per heavy atom. The van der Waals surface area contributed by atoms with Crippen molar-refractivity contribution in [1.82, 2.24) is 9.76 Å². The van der Waals surface area contributed by atoms with Crippen molar-refractivity contribution in [3.63, 3.8) is 0 Å². The third-order valence-electron chi connectivity index (χ3n) is 3.87. The first-order valence-corrected chi connectivity index (χ1v) is 11.4. The van der Waals surface area contributed by atoms with Crippen molar-refractivity contribution in [3.05, 3.63) is 29.3 Å². The maximum Gasteiger partial charge on any atom is 0.421 e. The van der Waals surface area contributed by atoms with E-state index in [-0.39, 0.29) is 12.0 Å². The molecule has 0 aliphatic carbocycles. The Morgan fingerprint density at radius 2 is 2.15 bits per heavy atom. The Kier molecular flexibility index (Phi) is 7.39. The minimum Gasteiger partial charge on any atom is -0.468 e. The van der Waals surface area contributed by atoms with E-state index in [1.54, 1.807) is 35.9 Å². The van der Waals surface area contributed by atoms with Gasteiger partial charge in [0.15, 0.2) is 0 Å². The van der Waals surface area contributed by atoms with Crippen LogP contribution in [0.4, 0.5) is 0 Å². The first-order valence-electron chi connectivity index (χ1n) is 8.05. The lowest BCUT2D eigenvalue weighted by Gasteiger charge is -2.35. The number of benzene rings is 1. The Morgan fingerprint density at radius 3 is 2.73 bits per heavy atom. The fraction of sp³-hybridized carbons (Fsp3) is 0.500. The number of halogens is 1. The minimum absolute atomic E-state index is 0.0881. The number of carbonyl (C=O) groups excluding carboxylic acids is 1. The summed E-state index contributed by atoms with van der Waals surface area (Å²) in [5.41, 5.74) is 0. The van der Waals surface area contributed by atoms with Crippen molar-refractivity contribution in [2.45, 2.75) is 32.9 Å². The van der Waals surface area contributed by atoms with E-state index in [2.05, 4.69) is 5.09 Å². The fourth-order valence-electron chi connectivity index (χ4n) is 2.48. The summed E-state index contributed by atoms with van der Waals surface area (Å²) in [5, 5.41) is 3.26. The second-order valence-corrected chi connectivity index (χ2v) is 10.2. The zero-order valence-electron chi connectivity index (χ0n) is 15.0. The van der Waals surface area contributed by atoms with E-state index in [1.165, 1.54) is 18.9 Å². The summed E-state index contributed by atoms with van der Waals surface area (Å²) in [4.78, 5) is 11.9. The monoisotopic (exact) mass is 436 g/mol. The molecule has 1 saturated heterocycles. The molecular weight excluding hydrogens is 415 g/mol. The first-order chi connectivity index (χ1) is 12.2. The van der Waals surface area contributed by atoms with Crippen LogP contribution in [0.2, 0.25) is 5.02 Å². The molecule has 1 heterocycles. The fourth-order valence-corrected chi connectivity index (χ4v) is 7.26. The van der Waals surface area contributed by atoms with Crippen molar-refractivity contribution in [3.8, 4) is 5.75 Å². The summed E-state index contributed by atoms with van der Waals surface area (Å²) in [6, 6.07) is 5.68. The van der Waals surface area contributed by atoms with Gasteiger partial charge in [0.2, 0.25) is 0 Å². The highest BCUT2D eigenvalue weighted by Crippen LogP contribution is 2.54. The lowest BCUT2D eigenvalue weighted by Crippen LogP contribution is -2.44. The smallest absolute Gasteiger partial charge is 0.421 e. The third kappa shape index (κ3) is 4.93. The summed E-state index contributed by atoms with van der Waals surface area (Å²) in [7, 11) is -2.46. The maximum atomic E-state index is 13.9. The van der Waals surface area contributed by atoms with Crippen LogP contribution in [0.5, 0.6) is 5.75 Å². The highest BCUT2D eigenvalue weighted by atomic mass is 35.5. The van der Waals surface area contributed by atoms with Gasteiger partial charge in [-0.3, -0.25) is 9.46 Å². The van der Waals surface area contributed by atoms with Gasteiger partial charge in [-0.25, -0.2) is 9.65 Å². The molecule has 10 heteroatoms. The van der Waals surface area contributed by atoms with Gasteiger partial charge in [-0.2, -0.15) is 0 Å². The Bertz CT molecular complexity index is 734. The number of esters is 1. The number of methoxy groups -OCH3 is 1. The molecule has 1 N–H and O–H groups in total. The summed E-state index contributed by atoms with van der Waals surface area (Å²) >= 11 is 12.9. The van der Waals surface area contributed by atoms with Gasteiger partial charge in [-0.15, -0.1) is 0 Å². The standard InChI is InChI=1S/C16H22ClN2O4PS2/c1-10(2)14-9-26-16(25)19(14)24(21,18-11(3)15(20)22-4)23-13-7-5-6-12(17)8-13/h5-8,10-11,14H,9H2,1-4H3,(H,18,21)/t11-,14+,24-/m0/s1. The normalized spacial score (nSPS) is 20.8. The zero-order valence-corrected chi connectivity index (χ0v) is 18.3. The largest absolute Gasteiger partial charge is 0.468 e. The van der Waals surface area contributed by atoms with Crippen molar-refractivity contribution >= 4 is 53.5 Å². The molecule has 26 heavy (non-hydrogen) atoms. The first kappa shape index (κ1) is 21.5.